The SMILES string of the molecule is C1=C2c3ccccc3NC2CC2=C1c1cccc3cccc(c13)N2. The lowest BCUT2D eigenvalue weighted by Crippen LogP contribution is -2.23. The van der Waals surface area contributed by atoms with Crippen LogP contribution in [-0.4, -0.2) is 6.04 Å². The largest absolute Gasteiger partial charge is 0.377 e. The smallest absolute Gasteiger partial charge is 0.0575 e. The molecule has 1 unspecified atom stereocenters. The zero-order chi connectivity index (χ0) is 15.7. The lowest BCUT2D eigenvalue weighted by Gasteiger charge is -2.30. The van der Waals surface area contributed by atoms with Crippen LogP contribution in [0.1, 0.15) is 17.5 Å². The minimum Gasteiger partial charge on any atom is -0.377 e. The standard InChI is InChI=1S/C22H16N2/c1-2-9-18-14(7-1)16-11-17-15-8-3-5-13-6-4-10-19(22(13)15)24-21(17)12-20(16)23-18/h1-11,20,23-24H,12H2. The molecular formula is C22H16N2. The molecule has 0 radical (unpaired) electrons. The van der Waals surface area contributed by atoms with Crippen molar-refractivity contribution in [2.75, 3.05) is 10.6 Å². The molecule has 3 aliphatic rings. The Bertz CT molecular complexity index is 1080. The molecule has 0 amide bonds. The summed E-state index contributed by atoms with van der Waals surface area (Å²) in [5.74, 6) is 0. The van der Waals surface area contributed by atoms with Crippen molar-refractivity contribution < 1.29 is 0 Å². The van der Waals surface area contributed by atoms with Crippen LogP contribution in [0, 0.1) is 0 Å². The van der Waals surface area contributed by atoms with Crippen molar-refractivity contribution in [2.45, 2.75) is 12.5 Å². The number of anilines is 2. The summed E-state index contributed by atoms with van der Waals surface area (Å²) >= 11 is 0. The van der Waals surface area contributed by atoms with Gasteiger partial charge in [0, 0.05) is 40.0 Å². The molecule has 0 aromatic heterocycles. The Morgan fingerprint density at radius 3 is 2.54 bits per heavy atom. The van der Waals surface area contributed by atoms with Gasteiger partial charge in [0.1, 0.15) is 0 Å². The lowest BCUT2D eigenvalue weighted by molar-refractivity contribution is 0.885. The molecule has 3 aromatic carbocycles. The molecule has 114 valence electrons. The summed E-state index contributed by atoms with van der Waals surface area (Å²) in [5.41, 5.74) is 9.28. The first kappa shape index (κ1) is 12.4. The van der Waals surface area contributed by atoms with Crippen molar-refractivity contribution in [1.82, 2.24) is 0 Å². The van der Waals surface area contributed by atoms with E-state index < -0.39 is 0 Å². The molecule has 2 heterocycles. The summed E-state index contributed by atoms with van der Waals surface area (Å²) in [4.78, 5) is 0. The van der Waals surface area contributed by atoms with E-state index >= 15 is 0 Å². The van der Waals surface area contributed by atoms with Gasteiger partial charge < -0.3 is 10.6 Å². The molecule has 0 saturated heterocycles. The third-order valence-electron chi connectivity index (χ3n) is 5.46. The second-order valence-electron chi connectivity index (χ2n) is 6.77. The fourth-order valence-electron chi connectivity index (χ4n) is 4.40. The molecule has 2 N–H and O–H groups in total. The molecule has 2 aliphatic heterocycles. The third kappa shape index (κ3) is 1.50. The fraction of sp³-hybridized carbons (Fsp3) is 0.0909. The number of nitrogens with one attached hydrogen (secondary N) is 2. The normalized spacial score (nSPS) is 19.8. The Morgan fingerprint density at radius 2 is 1.58 bits per heavy atom. The van der Waals surface area contributed by atoms with Crippen LogP contribution in [0.25, 0.3) is 21.9 Å². The van der Waals surface area contributed by atoms with Gasteiger partial charge in [0.2, 0.25) is 0 Å². The molecule has 2 heteroatoms. The van der Waals surface area contributed by atoms with Crippen LogP contribution < -0.4 is 10.6 Å². The molecule has 24 heavy (non-hydrogen) atoms. The number of rotatable bonds is 0. The molecular weight excluding hydrogens is 292 g/mol. The van der Waals surface area contributed by atoms with Gasteiger partial charge >= 0.3 is 0 Å². The van der Waals surface area contributed by atoms with Crippen molar-refractivity contribution in [1.29, 1.82) is 0 Å². The van der Waals surface area contributed by atoms with E-state index in [9.17, 15) is 0 Å². The molecule has 2 nitrogen and oxygen atoms in total. The second kappa shape index (κ2) is 4.30. The Balaban J connectivity index is 1.61. The average molecular weight is 308 g/mol. The minimum atomic E-state index is 0.373. The van der Waals surface area contributed by atoms with Gasteiger partial charge in [-0.25, -0.2) is 0 Å². The van der Waals surface area contributed by atoms with Gasteiger partial charge in [-0.3, -0.25) is 0 Å². The molecule has 0 saturated carbocycles. The first-order valence-electron chi connectivity index (χ1n) is 8.48. The van der Waals surface area contributed by atoms with Crippen molar-refractivity contribution in [3.63, 3.8) is 0 Å². The average Bonchev–Trinajstić information content (AvgIpc) is 2.98. The molecule has 3 aromatic rings. The monoisotopic (exact) mass is 308 g/mol. The number of fused-ring (bicyclic) bond motifs is 4. The Labute approximate surface area is 140 Å². The number of hydrogen-bond acceptors (Lipinski definition) is 2. The van der Waals surface area contributed by atoms with Gasteiger partial charge in [0.15, 0.2) is 0 Å². The van der Waals surface area contributed by atoms with Crippen molar-refractivity contribution in [3.05, 3.63) is 83.6 Å². The maximum atomic E-state index is 3.70. The molecule has 0 bridgehead atoms. The Morgan fingerprint density at radius 1 is 0.792 bits per heavy atom. The fourth-order valence-corrected chi connectivity index (χ4v) is 4.40. The summed E-state index contributed by atoms with van der Waals surface area (Å²) in [5, 5.41) is 10.0. The molecule has 0 spiro atoms. The quantitative estimate of drug-likeness (QED) is 0.592. The van der Waals surface area contributed by atoms with Crippen molar-refractivity contribution >= 4 is 33.3 Å². The predicted octanol–water partition coefficient (Wildman–Crippen LogP) is 5.26. The van der Waals surface area contributed by atoms with Crippen LogP contribution in [0.3, 0.4) is 0 Å². The van der Waals surface area contributed by atoms with E-state index in [4.69, 9.17) is 0 Å². The summed E-state index contributed by atoms with van der Waals surface area (Å²) < 4.78 is 0. The van der Waals surface area contributed by atoms with E-state index in [1.54, 1.807) is 0 Å². The van der Waals surface area contributed by atoms with Gasteiger partial charge in [-0.2, -0.15) is 0 Å². The van der Waals surface area contributed by atoms with Crippen LogP contribution in [0.4, 0.5) is 11.4 Å². The summed E-state index contributed by atoms with van der Waals surface area (Å²) in [6.07, 6.45) is 3.39. The number of para-hydroxylation sites is 1. The highest BCUT2D eigenvalue weighted by atomic mass is 15.0. The summed E-state index contributed by atoms with van der Waals surface area (Å²) in [7, 11) is 0. The highest BCUT2D eigenvalue weighted by Crippen LogP contribution is 2.47. The third-order valence-corrected chi connectivity index (χ3v) is 5.46. The molecule has 0 fully saturated rings. The van der Waals surface area contributed by atoms with E-state index in [1.807, 2.05) is 0 Å². The first-order valence-corrected chi connectivity index (χ1v) is 8.48. The maximum absolute atomic E-state index is 3.70. The summed E-state index contributed by atoms with van der Waals surface area (Å²) in [6.45, 7) is 0. The second-order valence-corrected chi connectivity index (χ2v) is 6.77. The predicted molar refractivity (Wildman–Crippen MR) is 101 cm³/mol. The van der Waals surface area contributed by atoms with E-state index in [0.29, 0.717) is 6.04 Å². The van der Waals surface area contributed by atoms with E-state index in [1.165, 1.54) is 50.1 Å². The van der Waals surface area contributed by atoms with Gasteiger partial charge in [-0.15, -0.1) is 0 Å². The van der Waals surface area contributed by atoms with Crippen LogP contribution in [-0.2, 0) is 0 Å². The minimum absolute atomic E-state index is 0.373. The molecule has 1 atom stereocenters. The van der Waals surface area contributed by atoms with Crippen LogP contribution in [0.2, 0.25) is 0 Å². The molecule has 1 aliphatic carbocycles. The number of benzene rings is 3. The Hall–Kier alpha value is -3.00. The van der Waals surface area contributed by atoms with Crippen LogP contribution >= 0.6 is 0 Å². The van der Waals surface area contributed by atoms with Crippen molar-refractivity contribution in [2.24, 2.45) is 0 Å². The van der Waals surface area contributed by atoms with Gasteiger partial charge in [0.05, 0.1) is 6.04 Å². The van der Waals surface area contributed by atoms with Crippen LogP contribution in [0.15, 0.2) is 72.4 Å². The molecule has 6 rings (SSSR count). The lowest BCUT2D eigenvalue weighted by atomic mass is 9.83. The van der Waals surface area contributed by atoms with Crippen LogP contribution in [0.5, 0.6) is 0 Å². The van der Waals surface area contributed by atoms with Crippen molar-refractivity contribution in [3.8, 4) is 0 Å². The zero-order valence-corrected chi connectivity index (χ0v) is 13.1. The highest BCUT2D eigenvalue weighted by molar-refractivity contribution is 6.10. The van der Waals surface area contributed by atoms with Gasteiger partial charge in [0.25, 0.3) is 0 Å². The topological polar surface area (TPSA) is 24.1 Å². The number of hydrogen-bond donors (Lipinski definition) is 2. The highest BCUT2D eigenvalue weighted by Gasteiger charge is 2.33. The van der Waals surface area contributed by atoms with E-state index in [0.717, 1.165) is 6.42 Å². The summed E-state index contributed by atoms with van der Waals surface area (Å²) in [6, 6.07) is 22.1. The van der Waals surface area contributed by atoms with Gasteiger partial charge in [-0.1, -0.05) is 48.5 Å². The zero-order valence-electron chi connectivity index (χ0n) is 13.1. The van der Waals surface area contributed by atoms with Gasteiger partial charge in [-0.05, 0) is 34.7 Å². The number of allylic oxidation sites excluding steroid dienone is 2. The maximum Gasteiger partial charge on any atom is 0.0575 e. The Kier molecular flexibility index (Phi) is 2.22. The van der Waals surface area contributed by atoms with E-state index in [2.05, 4.69) is 77.4 Å². The van der Waals surface area contributed by atoms with E-state index in [-0.39, 0.29) is 0 Å². The first-order chi connectivity index (χ1) is 11.9.